The van der Waals surface area contributed by atoms with Gasteiger partial charge in [-0.05, 0) is 34.2 Å². The van der Waals surface area contributed by atoms with E-state index in [1.807, 2.05) is 0 Å². The Morgan fingerprint density at radius 2 is 1.30 bits per heavy atom. The van der Waals surface area contributed by atoms with Gasteiger partial charge in [-0.1, -0.05) is 6.92 Å². The predicted molar refractivity (Wildman–Crippen MR) is 42.7 cm³/mol. The number of nitrogens with zero attached hydrogens (tertiary/aromatic N) is 1. The van der Waals surface area contributed by atoms with Crippen molar-refractivity contribution in [3.05, 3.63) is 0 Å². The summed E-state index contributed by atoms with van der Waals surface area (Å²) in [5.41, 5.74) is 0. The normalized spacial score (nSPS) is 10.8. The van der Waals surface area contributed by atoms with E-state index in [0.29, 0.717) is 12.1 Å². The van der Waals surface area contributed by atoms with Gasteiger partial charge in [-0.25, -0.2) is 0 Å². The summed E-state index contributed by atoms with van der Waals surface area (Å²) in [4.78, 5) is 2.46. The van der Waals surface area contributed by atoms with Crippen LogP contribution in [0.25, 0.3) is 0 Å². The summed E-state index contributed by atoms with van der Waals surface area (Å²) in [7, 11) is 0. The average Bonchev–Trinajstić information content (AvgIpc) is 1.64. The second-order valence-electron chi connectivity index (χ2n) is 3.02. The zero-order valence-corrected chi connectivity index (χ0v) is 9.18. The van der Waals surface area contributed by atoms with Crippen LogP contribution in [0, 0.1) is 0 Å². The molecule has 0 saturated carbocycles. The predicted octanol–water partition coefficient (Wildman–Crippen LogP) is 2.12. The summed E-state index contributed by atoms with van der Waals surface area (Å²) >= 11 is 0. The molecule has 0 radical (unpaired) electrons. The largest absolute Gasteiger partial charge is 0.299 e. The van der Waals surface area contributed by atoms with Crippen LogP contribution in [0.4, 0.5) is 0 Å². The van der Waals surface area contributed by atoms with Gasteiger partial charge < -0.3 is 0 Å². The molecule has 0 aromatic carbocycles. The Kier molecular flexibility index (Phi) is 8.39. The molecule has 0 fully saturated rings. The van der Waals surface area contributed by atoms with Crippen LogP contribution in [0.2, 0.25) is 0 Å². The van der Waals surface area contributed by atoms with Crippen LogP contribution in [0.5, 0.6) is 0 Å². The van der Waals surface area contributed by atoms with Crippen molar-refractivity contribution in [1.29, 1.82) is 0 Å². The van der Waals surface area contributed by atoms with E-state index in [2.05, 4.69) is 39.5 Å². The third-order valence-electron chi connectivity index (χ3n) is 1.69. The molecule has 10 heavy (non-hydrogen) atoms. The molecule has 0 amide bonds. The first kappa shape index (κ1) is 13.2. The van der Waals surface area contributed by atoms with Gasteiger partial charge in [0.15, 0.2) is 0 Å². The Balaban J connectivity index is 0. The van der Waals surface area contributed by atoms with E-state index in [1.165, 1.54) is 0 Å². The maximum atomic E-state index is 2.46. The number of hydrogen-bond donors (Lipinski definition) is 0. The fraction of sp³-hybridized carbons (Fsp3) is 1.00. The van der Waals surface area contributed by atoms with E-state index in [-0.39, 0.29) is 20.4 Å². The number of rotatable bonds is 3. The summed E-state index contributed by atoms with van der Waals surface area (Å²) in [6.07, 6.45) is 0. The first-order valence-electron chi connectivity index (χ1n) is 3.85. The van der Waals surface area contributed by atoms with Gasteiger partial charge in [-0.3, -0.25) is 4.90 Å². The molecular weight excluding hydrogens is 217 g/mol. The second kappa shape index (κ2) is 6.34. The Morgan fingerprint density at radius 3 is 1.30 bits per heavy atom. The van der Waals surface area contributed by atoms with Gasteiger partial charge in [0.1, 0.15) is 0 Å². The molecule has 0 spiro atoms. The van der Waals surface area contributed by atoms with Crippen LogP contribution in [0.3, 0.4) is 0 Å². The summed E-state index contributed by atoms with van der Waals surface area (Å²) in [6, 6.07) is 1.38. The van der Waals surface area contributed by atoms with Gasteiger partial charge in [-0.15, -0.1) is 0 Å². The first-order chi connectivity index (χ1) is 4.09. The van der Waals surface area contributed by atoms with Crippen LogP contribution in [-0.2, 0) is 20.4 Å². The molecule has 0 atom stereocenters. The summed E-state index contributed by atoms with van der Waals surface area (Å²) in [5, 5.41) is 0. The standard InChI is InChI=1S/C8H19N.Pd/c1-6-9(7(2)3)8(4)5;/h7-8H,6H2,1-5H3;. The van der Waals surface area contributed by atoms with Crippen molar-refractivity contribution in [1.82, 2.24) is 4.90 Å². The minimum atomic E-state index is 0. The Morgan fingerprint density at radius 1 is 1.00 bits per heavy atom. The van der Waals surface area contributed by atoms with E-state index in [1.54, 1.807) is 0 Å². The van der Waals surface area contributed by atoms with E-state index in [4.69, 9.17) is 0 Å². The van der Waals surface area contributed by atoms with Gasteiger partial charge in [0.2, 0.25) is 0 Å². The average molecular weight is 236 g/mol. The molecule has 0 bridgehead atoms. The smallest absolute Gasteiger partial charge is 0.00411 e. The molecule has 0 rings (SSSR count). The van der Waals surface area contributed by atoms with Crippen LogP contribution in [0.15, 0.2) is 0 Å². The van der Waals surface area contributed by atoms with Crippen molar-refractivity contribution in [3.63, 3.8) is 0 Å². The molecule has 1 nitrogen and oxygen atoms in total. The molecule has 0 aromatic heterocycles. The molecule has 0 aliphatic carbocycles. The minimum absolute atomic E-state index is 0. The van der Waals surface area contributed by atoms with E-state index in [0.717, 1.165) is 6.54 Å². The van der Waals surface area contributed by atoms with Crippen LogP contribution in [-0.4, -0.2) is 23.5 Å². The van der Waals surface area contributed by atoms with Crippen LogP contribution < -0.4 is 0 Å². The first-order valence-corrected chi connectivity index (χ1v) is 3.85. The molecule has 0 heterocycles. The van der Waals surface area contributed by atoms with Gasteiger partial charge in [-0.2, -0.15) is 0 Å². The van der Waals surface area contributed by atoms with E-state index >= 15 is 0 Å². The fourth-order valence-corrected chi connectivity index (χ4v) is 1.33. The van der Waals surface area contributed by atoms with Crippen molar-refractivity contribution in [2.24, 2.45) is 0 Å². The van der Waals surface area contributed by atoms with E-state index in [9.17, 15) is 0 Å². The zero-order valence-electron chi connectivity index (χ0n) is 7.63. The van der Waals surface area contributed by atoms with Crippen LogP contribution in [0.1, 0.15) is 34.6 Å². The molecule has 2 heteroatoms. The molecule has 66 valence electrons. The second-order valence-corrected chi connectivity index (χ2v) is 3.02. The fourth-order valence-electron chi connectivity index (χ4n) is 1.33. The van der Waals surface area contributed by atoms with Crippen molar-refractivity contribution in [2.75, 3.05) is 6.54 Å². The monoisotopic (exact) mass is 235 g/mol. The molecule has 0 N–H and O–H groups in total. The molecule has 0 aliphatic rings. The molecule has 0 aliphatic heterocycles. The maximum Gasteiger partial charge on any atom is 0.00411 e. The third kappa shape index (κ3) is 4.44. The van der Waals surface area contributed by atoms with Crippen LogP contribution >= 0.6 is 0 Å². The summed E-state index contributed by atoms with van der Waals surface area (Å²) < 4.78 is 0. The van der Waals surface area contributed by atoms with Gasteiger partial charge in [0, 0.05) is 32.5 Å². The third-order valence-corrected chi connectivity index (χ3v) is 1.69. The Hall–Kier alpha value is 0.622. The molecule has 0 saturated heterocycles. The molecular formula is C8H19NPd. The van der Waals surface area contributed by atoms with Gasteiger partial charge >= 0.3 is 0 Å². The topological polar surface area (TPSA) is 3.24 Å². The van der Waals surface area contributed by atoms with Crippen molar-refractivity contribution in [2.45, 2.75) is 46.7 Å². The van der Waals surface area contributed by atoms with Crippen molar-refractivity contribution < 1.29 is 20.4 Å². The summed E-state index contributed by atoms with van der Waals surface area (Å²) in [5.74, 6) is 0. The minimum Gasteiger partial charge on any atom is -0.299 e. The zero-order chi connectivity index (χ0) is 7.44. The van der Waals surface area contributed by atoms with Crippen molar-refractivity contribution >= 4 is 0 Å². The Labute approximate surface area is 78.8 Å². The SMILES string of the molecule is CCN(C(C)C)C(C)C.[Pd]. The Bertz CT molecular complexity index is 63.7. The van der Waals surface area contributed by atoms with Gasteiger partial charge in [0.25, 0.3) is 0 Å². The molecule has 0 aromatic rings. The van der Waals surface area contributed by atoms with Gasteiger partial charge in [0.05, 0.1) is 0 Å². The maximum absolute atomic E-state index is 2.46. The van der Waals surface area contributed by atoms with E-state index < -0.39 is 0 Å². The quantitative estimate of drug-likeness (QED) is 0.678. The molecule has 0 unspecified atom stereocenters. The number of hydrogen-bond acceptors (Lipinski definition) is 1. The summed E-state index contributed by atoms with van der Waals surface area (Å²) in [6.45, 7) is 12.3. The van der Waals surface area contributed by atoms with Crippen molar-refractivity contribution in [3.8, 4) is 0 Å².